The van der Waals surface area contributed by atoms with Crippen LogP contribution in [0.15, 0.2) is 30.3 Å². The van der Waals surface area contributed by atoms with E-state index in [-0.39, 0.29) is 22.6 Å². The van der Waals surface area contributed by atoms with Crippen LogP contribution in [0.3, 0.4) is 0 Å². The first-order chi connectivity index (χ1) is 13.4. The summed E-state index contributed by atoms with van der Waals surface area (Å²) in [6.45, 7) is 2.32. The van der Waals surface area contributed by atoms with Crippen LogP contribution < -0.4 is 15.2 Å². The summed E-state index contributed by atoms with van der Waals surface area (Å²) in [6.07, 6.45) is 1.90. The van der Waals surface area contributed by atoms with Crippen LogP contribution in [0.2, 0.25) is 0 Å². The SMILES string of the molecule is CCOc1cc(C(CSC)N2C(=O)c3ccc(O)c(N)c3C2=O)ccc1OC. The number of phenols is 1. The summed E-state index contributed by atoms with van der Waals surface area (Å²) in [5.74, 6) is 0.453. The van der Waals surface area contributed by atoms with Crippen LogP contribution in [0, 0.1) is 0 Å². The van der Waals surface area contributed by atoms with Crippen molar-refractivity contribution < 1.29 is 24.2 Å². The van der Waals surface area contributed by atoms with Gasteiger partial charge >= 0.3 is 0 Å². The lowest BCUT2D eigenvalue weighted by atomic mass is 10.1. The maximum absolute atomic E-state index is 13.1. The number of imide groups is 1. The molecule has 1 atom stereocenters. The Morgan fingerprint density at radius 2 is 1.93 bits per heavy atom. The number of nitrogens with two attached hydrogens (primary N) is 1. The summed E-state index contributed by atoms with van der Waals surface area (Å²) in [6, 6.07) is 7.59. The molecule has 0 fully saturated rings. The first kappa shape index (κ1) is 19.9. The number of carbonyl (C=O) groups excluding carboxylic acids is 2. The van der Waals surface area contributed by atoms with Crippen molar-refractivity contribution >= 4 is 29.3 Å². The summed E-state index contributed by atoms with van der Waals surface area (Å²) in [4.78, 5) is 27.3. The Kier molecular flexibility index (Phi) is 5.69. The highest BCUT2D eigenvalue weighted by molar-refractivity contribution is 7.98. The van der Waals surface area contributed by atoms with Gasteiger partial charge in [-0.25, -0.2) is 0 Å². The molecule has 0 spiro atoms. The number of nitrogen functional groups attached to an aromatic ring is 1. The normalized spacial score (nSPS) is 14.2. The summed E-state index contributed by atoms with van der Waals surface area (Å²) in [5.41, 5.74) is 6.79. The van der Waals surface area contributed by atoms with Crippen LogP contribution in [-0.4, -0.2) is 47.5 Å². The topological polar surface area (TPSA) is 102 Å². The van der Waals surface area contributed by atoms with Crippen molar-refractivity contribution in [1.82, 2.24) is 4.90 Å². The Morgan fingerprint density at radius 3 is 2.57 bits per heavy atom. The van der Waals surface area contributed by atoms with Crippen LogP contribution in [-0.2, 0) is 0 Å². The number of ether oxygens (including phenoxy) is 2. The van der Waals surface area contributed by atoms with E-state index in [1.807, 2.05) is 19.2 Å². The van der Waals surface area contributed by atoms with Gasteiger partial charge in [-0.3, -0.25) is 14.5 Å². The minimum Gasteiger partial charge on any atom is -0.506 e. The second kappa shape index (κ2) is 8.02. The predicted molar refractivity (Wildman–Crippen MR) is 108 cm³/mol. The molecule has 3 N–H and O–H groups in total. The Labute approximate surface area is 167 Å². The molecule has 0 bridgehead atoms. The minimum absolute atomic E-state index is 0.0506. The number of aromatic hydroxyl groups is 1. The highest BCUT2D eigenvalue weighted by atomic mass is 32.2. The third-order valence-electron chi connectivity index (χ3n) is 4.61. The van der Waals surface area contributed by atoms with Crippen LogP contribution in [0.5, 0.6) is 17.2 Å². The summed E-state index contributed by atoms with van der Waals surface area (Å²) < 4.78 is 11.0. The van der Waals surface area contributed by atoms with Crippen LogP contribution in [0.25, 0.3) is 0 Å². The number of anilines is 1. The van der Waals surface area contributed by atoms with E-state index in [4.69, 9.17) is 15.2 Å². The molecule has 0 radical (unpaired) electrons. The molecule has 2 aromatic carbocycles. The van der Waals surface area contributed by atoms with E-state index < -0.39 is 17.9 Å². The van der Waals surface area contributed by atoms with Crippen LogP contribution in [0.1, 0.15) is 39.2 Å². The Bertz CT molecular complexity index is 931. The molecular formula is C20H22N2O5S. The largest absolute Gasteiger partial charge is 0.506 e. The van der Waals surface area contributed by atoms with Gasteiger partial charge in [0, 0.05) is 5.75 Å². The third-order valence-corrected chi connectivity index (χ3v) is 5.26. The van der Waals surface area contributed by atoms with Gasteiger partial charge < -0.3 is 20.3 Å². The molecule has 0 saturated carbocycles. The molecule has 3 rings (SSSR count). The monoisotopic (exact) mass is 402 g/mol. The number of amides is 2. The first-order valence-electron chi connectivity index (χ1n) is 8.73. The minimum atomic E-state index is -0.519. The zero-order valence-electron chi connectivity index (χ0n) is 15.9. The molecule has 1 aliphatic heterocycles. The van der Waals surface area contributed by atoms with E-state index in [0.29, 0.717) is 23.9 Å². The molecule has 28 heavy (non-hydrogen) atoms. The number of carbonyl (C=O) groups is 2. The average molecular weight is 402 g/mol. The quantitative estimate of drug-likeness (QED) is 0.417. The van der Waals surface area contributed by atoms with E-state index in [9.17, 15) is 14.7 Å². The van der Waals surface area contributed by atoms with Crippen molar-refractivity contribution in [3.05, 3.63) is 47.0 Å². The third kappa shape index (κ3) is 3.24. The van der Waals surface area contributed by atoms with Gasteiger partial charge in [-0.15, -0.1) is 0 Å². The van der Waals surface area contributed by atoms with Crippen molar-refractivity contribution in [2.24, 2.45) is 0 Å². The fourth-order valence-electron chi connectivity index (χ4n) is 3.29. The van der Waals surface area contributed by atoms with Gasteiger partial charge in [0.15, 0.2) is 11.5 Å². The summed E-state index contributed by atoms with van der Waals surface area (Å²) in [5, 5.41) is 9.84. The van der Waals surface area contributed by atoms with E-state index in [1.54, 1.807) is 19.2 Å². The Balaban J connectivity index is 2.06. The maximum Gasteiger partial charge on any atom is 0.264 e. The standard InChI is InChI=1S/C20H22N2O5S/c1-4-27-16-9-11(5-8-15(16)26-2)13(10-28-3)22-19(24)12-6-7-14(23)18(21)17(12)20(22)25/h5-9,13,23H,4,10,21H2,1-3H3. The lowest BCUT2D eigenvalue weighted by Gasteiger charge is -2.27. The molecule has 0 aliphatic carbocycles. The number of phenolic OH excluding ortho intramolecular Hbond substituents is 1. The fraction of sp³-hybridized carbons (Fsp3) is 0.300. The van der Waals surface area contributed by atoms with E-state index in [2.05, 4.69) is 0 Å². The van der Waals surface area contributed by atoms with Crippen molar-refractivity contribution in [1.29, 1.82) is 0 Å². The van der Waals surface area contributed by atoms with Gasteiger partial charge in [0.1, 0.15) is 5.75 Å². The highest BCUT2D eigenvalue weighted by Crippen LogP contribution is 2.40. The number of hydrogen-bond donors (Lipinski definition) is 2. The van der Waals surface area contributed by atoms with Gasteiger partial charge in [0.2, 0.25) is 0 Å². The number of thioether (sulfide) groups is 1. The summed E-state index contributed by atoms with van der Waals surface area (Å²) >= 11 is 1.51. The molecule has 0 aromatic heterocycles. The summed E-state index contributed by atoms with van der Waals surface area (Å²) in [7, 11) is 1.55. The second-order valence-corrected chi connectivity index (χ2v) is 7.13. The average Bonchev–Trinajstić information content (AvgIpc) is 2.94. The van der Waals surface area contributed by atoms with Crippen LogP contribution >= 0.6 is 11.8 Å². The van der Waals surface area contributed by atoms with E-state index in [0.717, 1.165) is 5.56 Å². The van der Waals surface area contributed by atoms with Crippen LogP contribution in [0.4, 0.5) is 5.69 Å². The van der Waals surface area contributed by atoms with E-state index in [1.165, 1.54) is 28.8 Å². The highest BCUT2D eigenvalue weighted by Gasteiger charge is 2.42. The van der Waals surface area contributed by atoms with Gasteiger partial charge in [-0.2, -0.15) is 11.8 Å². The Morgan fingerprint density at radius 1 is 1.18 bits per heavy atom. The molecule has 148 valence electrons. The molecular weight excluding hydrogens is 380 g/mol. The lowest BCUT2D eigenvalue weighted by molar-refractivity contribution is 0.0598. The number of nitrogens with zero attached hydrogens (tertiary/aromatic N) is 1. The number of benzene rings is 2. The molecule has 2 amide bonds. The number of hydrogen-bond acceptors (Lipinski definition) is 7. The van der Waals surface area contributed by atoms with Crippen molar-refractivity contribution in [2.75, 3.05) is 31.5 Å². The molecule has 8 heteroatoms. The molecule has 1 heterocycles. The van der Waals surface area contributed by atoms with Crippen molar-refractivity contribution in [3.8, 4) is 17.2 Å². The van der Waals surface area contributed by atoms with Gasteiger partial charge in [0.05, 0.1) is 36.6 Å². The molecule has 1 aliphatic rings. The lowest BCUT2D eigenvalue weighted by Crippen LogP contribution is -2.35. The molecule has 1 unspecified atom stereocenters. The van der Waals surface area contributed by atoms with Gasteiger partial charge in [0.25, 0.3) is 11.8 Å². The van der Waals surface area contributed by atoms with Gasteiger partial charge in [-0.05, 0) is 43.0 Å². The zero-order valence-corrected chi connectivity index (χ0v) is 16.7. The molecule has 7 nitrogen and oxygen atoms in total. The Hall–Kier alpha value is -2.87. The molecule has 0 saturated heterocycles. The number of rotatable bonds is 7. The number of methoxy groups -OCH3 is 1. The zero-order chi connectivity index (χ0) is 20.4. The fourth-order valence-corrected chi connectivity index (χ4v) is 3.95. The first-order valence-corrected chi connectivity index (χ1v) is 10.1. The van der Waals surface area contributed by atoms with Gasteiger partial charge in [-0.1, -0.05) is 6.07 Å². The maximum atomic E-state index is 13.1. The van der Waals surface area contributed by atoms with E-state index >= 15 is 0 Å². The van der Waals surface area contributed by atoms with Crippen molar-refractivity contribution in [2.45, 2.75) is 13.0 Å². The smallest absolute Gasteiger partial charge is 0.264 e. The van der Waals surface area contributed by atoms with Crippen molar-refractivity contribution in [3.63, 3.8) is 0 Å². The number of fused-ring (bicyclic) bond motifs is 1. The predicted octanol–water partition coefficient (Wildman–Crippen LogP) is 3.08. The molecule has 2 aromatic rings. The second-order valence-electron chi connectivity index (χ2n) is 6.22.